The molecule has 1 unspecified atom stereocenters. The molecule has 0 bridgehead atoms. The Labute approximate surface area is 105 Å². The molecule has 0 N–H and O–H groups in total. The molecule has 1 atom stereocenters. The topological polar surface area (TPSA) is 0 Å². The molecule has 0 nitrogen and oxygen atoms in total. The Kier molecular flexibility index (Phi) is 5.48. The van der Waals surface area contributed by atoms with Crippen molar-refractivity contribution in [2.75, 3.05) is 0 Å². The standard InChI is InChI=1S/C17H22/c1-5-9-14-13-15(10-6-2)17(12-8-4)16(14)11-7-3/h5-8,13-14H,1-4,9-12H2. The summed E-state index contributed by atoms with van der Waals surface area (Å²) in [4.78, 5) is 0. The van der Waals surface area contributed by atoms with E-state index in [9.17, 15) is 0 Å². The third-order valence-electron chi connectivity index (χ3n) is 3.12. The largest absolute Gasteiger partial charge is 0.103 e. The van der Waals surface area contributed by atoms with E-state index in [-0.39, 0.29) is 0 Å². The van der Waals surface area contributed by atoms with E-state index in [1.165, 1.54) is 16.7 Å². The summed E-state index contributed by atoms with van der Waals surface area (Å²) in [6, 6.07) is 0. The minimum atomic E-state index is 0.496. The molecule has 0 aromatic rings. The van der Waals surface area contributed by atoms with Gasteiger partial charge < -0.3 is 0 Å². The van der Waals surface area contributed by atoms with Crippen LogP contribution in [0.25, 0.3) is 0 Å². The lowest BCUT2D eigenvalue weighted by Gasteiger charge is -2.12. The van der Waals surface area contributed by atoms with Gasteiger partial charge in [-0.15, -0.1) is 26.3 Å². The normalized spacial score (nSPS) is 18.8. The van der Waals surface area contributed by atoms with Crippen molar-refractivity contribution >= 4 is 0 Å². The van der Waals surface area contributed by atoms with Crippen LogP contribution in [0.1, 0.15) is 25.7 Å². The first kappa shape index (κ1) is 13.5. The fraction of sp³-hybridized carbons (Fsp3) is 0.294. The average Bonchev–Trinajstić information content (AvgIpc) is 2.61. The second-order valence-corrected chi connectivity index (χ2v) is 4.30. The van der Waals surface area contributed by atoms with Crippen molar-refractivity contribution in [1.29, 1.82) is 0 Å². The second-order valence-electron chi connectivity index (χ2n) is 4.30. The molecule has 90 valence electrons. The maximum atomic E-state index is 3.86. The highest BCUT2D eigenvalue weighted by Crippen LogP contribution is 2.39. The minimum Gasteiger partial charge on any atom is -0.103 e. The van der Waals surface area contributed by atoms with E-state index in [0.29, 0.717) is 5.92 Å². The first-order chi connectivity index (χ1) is 8.28. The van der Waals surface area contributed by atoms with Crippen LogP contribution in [0.2, 0.25) is 0 Å². The lowest BCUT2D eigenvalue weighted by molar-refractivity contribution is 0.762. The van der Waals surface area contributed by atoms with E-state index in [2.05, 4.69) is 32.4 Å². The van der Waals surface area contributed by atoms with Crippen molar-refractivity contribution in [3.8, 4) is 0 Å². The highest BCUT2D eigenvalue weighted by Gasteiger charge is 2.22. The van der Waals surface area contributed by atoms with Crippen molar-refractivity contribution < 1.29 is 0 Å². The summed E-state index contributed by atoms with van der Waals surface area (Å²) in [5.41, 5.74) is 4.33. The summed E-state index contributed by atoms with van der Waals surface area (Å²) in [6.07, 6.45) is 14.1. The van der Waals surface area contributed by atoms with Crippen LogP contribution in [0, 0.1) is 5.92 Å². The Morgan fingerprint density at radius 3 is 2.06 bits per heavy atom. The van der Waals surface area contributed by atoms with Gasteiger partial charge in [-0.2, -0.15) is 0 Å². The smallest absolute Gasteiger partial charge is 0.00263 e. The fourth-order valence-electron chi connectivity index (χ4n) is 2.45. The molecular formula is C17H22. The van der Waals surface area contributed by atoms with Gasteiger partial charge in [0.15, 0.2) is 0 Å². The molecule has 0 fully saturated rings. The predicted octanol–water partition coefficient (Wildman–Crippen LogP) is 5.14. The SMILES string of the molecule is C=CCC1=CC(CC=C)C(CC=C)=C1CC=C. The molecule has 0 spiro atoms. The second kappa shape index (κ2) is 6.90. The van der Waals surface area contributed by atoms with Crippen LogP contribution < -0.4 is 0 Å². The highest BCUT2D eigenvalue weighted by atomic mass is 14.3. The first-order valence-electron chi connectivity index (χ1n) is 6.15. The van der Waals surface area contributed by atoms with E-state index in [0.717, 1.165) is 25.7 Å². The average molecular weight is 226 g/mol. The van der Waals surface area contributed by atoms with Crippen molar-refractivity contribution in [3.05, 3.63) is 73.4 Å². The molecule has 0 heterocycles. The molecule has 0 aliphatic heterocycles. The maximum absolute atomic E-state index is 3.86. The zero-order valence-electron chi connectivity index (χ0n) is 10.6. The molecule has 0 radical (unpaired) electrons. The summed E-state index contributed by atoms with van der Waals surface area (Å²) in [6.45, 7) is 15.4. The van der Waals surface area contributed by atoms with Crippen LogP contribution in [0.4, 0.5) is 0 Å². The van der Waals surface area contributed by atoms with Gasteiger partial charge in [-0.1, -0.05) is 36.0 Å². The molecule has 0 heteroatoms. The Morgan fingerprint density at radius 2 is 1.53 bits per heavy atom. The lowest BCUT2D eigenvalue weighted by Crippen LogP contribution is -1.97. The third kappa shape index (κ3) is 3.20. The quantitative estimate of drug-likeness (QED) is 0.502. The Morgan fingerprint density at radius 1 is 0.882 bits per heavy atom. The van der Waals surface area contributed by atoms with E-state index in [1.54, 1.807) is 0 Å². The molecule has 0 aromatic carbocycles. The summed E-state index contributed by atoms with van der Waals surface area (Å²) < 4.78 is 0. The number of allylic oxidation sites excluding steroid dienone is 8. The van der Waals surface area contributed by atoms with Crippen molar-refractivity contribution in [2.24, 2.45) is 5.92 Å². The maximum Gasteiger partial charge on any atom is 0.00263 e. The van der Waals surface area contributed by atoms with Crippen molar-refractivity contribution in [2.45, 2.75) is 25.7 Å². The Bertz CT molecular complexity index is 377. The van der Waals surface area contributed by atoms with Crippen LogP contribution >= 0.6 is 0 Å². The van der Waals surface area contributed by atoms with Crippen LogP contribution in [0.15, 0.2) is 73.4 Å². The number of rotatable bonds is 8. The van der Waals surface area contributed by atoms with Gasteiger partial charge in [0.2, 0.25) is 0 Å². The van der Waals surface area contributed by atoms with Crippen LogP contribution in [-0.4, -0.2) is 0 Å². The van der Waals surface area contributed by atoms with Crippen molar-refractivity contribution in [3.63, 3.8) is 0 Å². The lowest BCUT2D eigenvalue weighted by atomic mass is 9.93. The molecular weight excluding hydrogens is 204 g/mol. The van der Waals surface area contributed by atoms with Crippen LogP contribution in [-0.2, 0) is 0 Å². The van der Waals surface area contributed by atoms with Gasteiger partial charge in [0.1, 0.15) is 0 Å². The Hall–Kier alpha value is -1.56. The van der Waals surface area contributed by atoms with E-state index < -0.39 is 0 Å². The van der Waals surface area contributed by atoms with Gasteiger partial charge in [-0.05, 0) is 36.8 Å². The molecule has 1 rings (SSSR count). The van der Waals surface area contributed by atoms with Gasteiger partial charge in [-0.3, -0.25) is 0 Å². The van der Waals surface area contributed by atoms with Gasteiger partial charge in [0, 0.05) is 5.92 Å². The molecule has 0 amide bonds. The molecule has 0 saturated carbocycles. The fourth-order valence-corrected chi connectivity index (χ4v) is 2.45. The molecule has 0 saturated heterocycles. The Balaban J connectivity index is 3.07. The first-order valence-corrected chi connectivity index (χ1v) is 6.15. The highest BCUT2D eigenvalue weighted by molar-refractivity contribution is 5.47. The number of hydrogen-bond donors (Lipinski definition) is 0. The summed E-state index contributed by atoms with van der Waals surface area (Å²) in [5.74, 6) is 0.496. The van der Waals surface area contributed by atoms with Gasteiger partial charge in [-0.25, -0.2) is 0 Å². The third-order valence-corrected chi connectivity index (χ3v) is 3.12. The van der Waals surface area contributed by atoms with E-state index in [4.69, 9.17) is 0 Å². The zero-order valence-corrected chi connectivity index (χ0v) is 10.6. The minimum absolute atomic E-state index is 0.496. The molecule has 1 aliphatic carbocycles. The monoisotopic (exact) mass is 226 g/mol. The van der Waals surface area contributed by atoms with Gasteiger partial charge in [0.25, 0.3) is 0 Å². The van der Waals surface area contributed by atoms with E-state index in [1.807, 2.05) is 24.3 Å². The molecule has 0 aromatic heterocycles. The van der Waals surface area contributed by atoms with Crippen LogP contribution in [0.3, 0.4) is 0 Å². The summed E-state index contributed by atoms with van der Waals surface area (Å²) in [7, 11) is 0. The summed E-state index contributed by atoms with van der Waals surface area (Å²) in [5, 5.41) is 0. The number of hydrogen-bond acceptors (Lipinski definition) is 0. The van der Waals surface area contributed by atoms with E-state index >= 15 is 0 Å². The van der Waals surface area contributed by atoms with Gasteiger partial charge in [0.05, 0.1) is 0 Å². The van der Waals surface area contributed by atoms with Crippen LogP contribution in [0.5, 0.6) is 0 Å². The summed E-state index contributed by atoms with van der Waals surface area (Å²) >= 11 is 0. The molecule has 17 heavy (non-hydrogen) atoms. The molecule has 1 aliphatic rings. The predicted molar refractivity (Wildman–Crippen MR) is 77.9 cm³/mol. The zero-order chi connectivity index (χ0) is 12.7. The van der Waals surface area contributed by atoms with Gasteiger partial charge >= 0.3 is 0 Å². The van der Waals surface area contributed by atoms with Crippen molar-refractivity contribution in [1.82, 2.24) is 0 Å².